The number of sulfonamides is 1. The Labute approximate surface area is 112 Å². The third-order valence-electron chi connectivity index (χ3n) is 2.83. The molecule has 0 saturated heterocycles. The minimum atomic E-state index is -3.83. The van der Waals surface area contributed by atoms with Crippen LogP contribution in [0.2, 0.25) is 0 Å². The summed E-state index contributed by atoms with van der Waals surface area (Å²) in [6.45, 7) is 3.73. The largest absolute Gasteiger partial charge is 0.481 e. The van der Waals surface area contributed by atoms with E-state index in [-0.39, 0.29) is 17.4 Å². The van der Waals surface area contributed by atoms with E-state index in [9.17, 15) is 13.2 Å². The highest BCUT2D eigenvalue weighted by Gasteiger charge is 2.22. The van der Waals surface area contributed by atoms with Gasteiger partial charge >= 0.3 is 5.97 Å². The summed E-state index contributed by atoms with van der Waals surface area (Å²) in [5.74, 6) is -1.59. The maximum Gasteiger partial charge on any atom is 0.308 e. The molecule has 0 spiro atoms. The van der Waals surface area contributed by atoms with Crippen molar-refractivity contribution in [3.8, 4) is 0 Å². The van der Waals surface area contributed by atoms with E-state index in [1.807, 2.05) is 0 Å². The molecule has 6 nitrogen and oxygen atoms in total. The standard InChI is InChI=1S/C12H18N2O4S/c1-8(2)9(12(15)16)7-14-10-5-3-4-6-11(10)19(13,17)18/h3-6,8-9,14H,7H2,1-2H3,(H,15,16)(H2,13,17,18). The molecule has 1 unspecified atom stereocenters. The summed E-state index contributed by atoms with van der Waals surface area (Å²) in [4.78, 5) is 11.0. The van der Waals surface area contributed by atoms with Crippen LogP contribution in [-0.4, -0.2) is 26.0 Å². The van der Waals surface area contributed by atoms with Crippen LogP contribution in [0.15, 0.2) is 29.2 Å². The van der Waals surface area contributed by atoms with E-state index >= 15 is 0 Å². The predicted molar refractivity (Wildman–Crippen MR) is 72.3 cm³/mol. The number of rotatable bonds is 6. The van der Waals surface area contributed by atoms with Crippen molar-refractivity contribution in [2.45, 2.75) is 18.7 Å². The second-order valence-corrected chi connectivity index (χ2v) is 6.14. The molecule has 0 fully saturated rings. The van der Waals surface area contributed by atoms with E-state index < -0.39 is 21.9 Å². The van der Waals surface area contributed by atoms with Crippen molar-refractivity contribution in [1.82, 2.24) is 0 Å². The van der Waals surface area contributed by atoms with Gasteiger partial charge in [0.05, 0.1) is 11.6 Å². The average Bonchev–Trinajstić information content (AvgIpc) is 2.27. The predicted octanol–water partition coefficient (Wildman–Crippen LogP) is 1.10. The van der Waals surface area contributed by atoms with Crippen molar-refractivity contribution < 1.29 is 18.3 Å². The fourth-order valence-electron chi connectivity index (χ4n) is 1.69. The number of carboxylic acid groups (broad SMARTS) is 1. The minimum absolute atomic E-state index is 0.0390. The van der Waals surface area contributed by atoms with Crippen molar-refractivity contribution in [2.24, 2.45) is 17.0 Å². The Morgan fingerprint density at radius 2 is 1.95 bits per heavy atom. The van der Waals surface area contributed by atoms with Crippen LogP contribution in [0, 0.1) is 11.8 Å². The molecule has 0 aliphatic carbocycles. The second kappa shape index (κ2) is 6.03. The number of benzene rings is 1. The molecule has 0 aliphatic heterocycles. The molecule has 1 rings (SSSR count). The third-order valence-corrected chi connectivity index (χ3v) is 3.80. The number of hydrogen-bond donors (Lipinski definition) is 3. The van der Waals surface area contributed by atoms with Gasteiger partial charge in [-0.15, -0.1) is 0 Å². The van der Waals surface area contributed by atoms with E-state index in [0.29, 0.717) is 5.69 Å². The van der Waals surface area contributed by atoms with Gasteiger partial charge in [-0.05, 0) is 18.1 Å². The van der Waals surface area contributed by atoms with E-state index in [1.165, 1.54) is 6.07 Å². The van der Waals surface area contributed by atoms with Crippen LogP contribution in [0.3, 0.4) is 0 Å². The van der Waals surface area contributed by atoms with Crippen LogP contribution in [0.1, 0.15) is 13.8 Å². The molecule has 0 bridgehead atoms. The number of hydrogen-bond acceptors (Lipinski definition) is 4. The first-order valence-corrected chi connectivity index (χ1v) is 7.36. The molecule has 1 aromatic carbocycles. The molecule has 106 valence electrons. The molecule has 1 aromatic rings. The summed E-state index contributed by atoms with van der Waals surface area (Å²) in [6.07, 6.45) is 0. The quantitative estimate of drug-likeness (QED) is 0.725. The summed E-state index contributed by atoms with van der Waals surface area (Å²) in [7, 11) is -3.83. The van der Waals surface area contributed by atoms with Crippen molar-refractivity contribution >= 4 is 21.7 Å². The lowest BCUT2D eigenvalue weighted by molar-refractivity contribution is -0.142. The Kier molecular flexibility index (Phi) is 4.90. The van der Waals surface area contributed by atoms with Crippen molar-refractivity contribution in [3.05, 3.63) is 24.3 Å². The molecule has 0 aliphatic rings. The van der Waals surface area contributed by atoms with Gasteiger partial charge in [0.15, 0.2) is 0 Å². The zero-order chi connectivity index (χ0) is 14.6. The summed E-state index contributed by atoms with van der Waals surface area (Å²) >= 11 is 0. The normalized spacial score (nSPS) is 13.3. The Morgan fingerprint density at radius 1 is 1.37 bits per heavy atom. The summed E-state index contributed by atoms with van der Waals surface area (Å²) in [5, 5.41) is 17.0. The van der Waals surface area contributed by atoms with Crippen LogP contribution in [0.4, 0.5) is 5.69 Å². The number of para-hydroxylation sites is 1. The van der Waals surface area contributed by atoms with Crippen LogP contribution in [-0.2, 0) is 14.8 Å². The minimum Gasteiger partial charge on any atom is -0.481 e. The maximum absolute atomic E-state index is 11.4. The lowest BCUT2D eigenvalue weighted by atomic mass is 9.96. The first-order chi connectivity index (χ1) is 8.73. The molecule has 0 saturated carbocycles. The van der Waals surface area contributed by atoms with Crippen LogP contribution < -0.4 is 10.5 Å². The molecular weight excluding hydrogens is 268 g/mol. The lowest BCUT2D eigenvalue weighted by Gasteiger charge is -2.18. The number of aliphatic carboxylic acids is 1. The molecule has 4 N–H and O–H groups in total. The summed E-state index contributed by atoms with van der Waals surface area (Å²) < 4.78 is 22.8. The molecular formula is C12H18N2O4S. The maximum atomic E-state index is 11.4. The number of primary sulfonamides is 1. The average molecular weight is 286 g/mol. The second-order valence-electron chi connectivity index (χ2n) is 4.61. The number of carboxylic acids is 1. The monoisotopic (exact) mass is 286 g/mol. The lowest BCUT2D eigenvalue weighted by Crippen LogP contribution is -2.28. The fraction of sp³-hybridized carbons (Fsp3) is 0.417. The highest BCUT2D eigenvalue weighted by Crippen LogP contribution is 2.20. The van der Waals surface area contributed by atoms with Crippen molar-refractivity contribution in [3.63, 3.8) is 0 Å². The van der Waals surface area contributed by atoms with Gasteiger partial charge in [-0.3, -0.25) is 4.79 Å². The number of anilines is 1. The van der Waals surface area contributed by atoms with Crippen LogP contribution in [0.25, 0.3) is 0 Å². The van der Waals surface area contributed by atoms with Crippen molar-refractivity contribution in [1.29, 1.82) is 0 Å². The Morgan fingerprint density at radius 3 is 2.42 bits per heavy atom. The molecule has 1 atom stereocenters. The number of nitrogens with one attached hydrogen (secondary N) is 1. The third kappa shape index (κ3) is 4.22. The molecule has 19 heavy (non-hydrogen) atoms. The van der Waals surface area contributed by atoms with Gasteiger partial charge in [-0.25, -0.2) is 13.6 Å². The highest BCUT2D eigenvalue weighted by atomic mass is 32.2. The van der Waals surface area contributed by atoms with Gasteiger partial charge in [0, 0.05) is 6.54 Å². The van der Waals surface area contributed by atoms with E-state index in [4.69, 9.17) is 10.2 Å². The van der Waals surface area contributed by atoms with Gasteiger partial charge in [0.2, 0.25) is 10.0 Å². The van der Waals surface area contributed by atoms with Gasteiger partial charge in [-0.1, -0.05) is 26.0 Å². The van der Waals surface area contributed by atoms with E-state index in [0.717, 1.165) is 0 Å². The Balaban J connectivity index is 2.92. The van der Waals surface area contributed by atoms with Gasteiger partial charge in [0.1, 0.15) is 4.90 Å². The Bertz CT molecular complexity index is 555. The van der Waals surface area contributed by atoms with E-state index in [1.54, 1.807) is 32.0 Å². The fourth-order valence-corrected chi connectivity index (χ4v) is 2.40. The van der Waals surface area contributed by atoms with Crippen molar-refractivity contribution in [2.75, 3.05) is 11.9 Å². The topological polar surface area (TPSA) is 109 Å². The van der Waals surface area contributed by atoms with Gasteiger partial charge < -0.3 is 10.4 Å². The SMILES string of the molecule is CC(C)C(CNc1ccccc1S(N)(=O)=O)C(=O)O. The Hall–Kier alpha value is -1.60. The first kappa shape index (κ1) is 15.5. The first-order valence-electron chi connectivity index (χ1n) is 5.82. The number of carbonyl (C=O) groups is 1. The molecule has 0 aromatic heterocycles. The summed E-state index contributed by atoms with van der Waals surface area (Å²) in [5.41, 5.74) is 0.317. The molecule has 7 heteroatoms. The molecule has 0 heterocycles. The number of nitrogens with two attached hydrogens (primary N) is 1. The van der Waals surface area contributed by atoms with Gasteiger partial charge in [-0.2, -0.15) is 0 Å². The molecule has 0 radical (unpaired) electrons. The van der Waals surface area contributed by atoms with Crippen LogP contribution in [0.5, 0.6) is 0 Å². The van der Waals surface area contributed by atoms with Gasteiger partial charge in [0.25, 0.3) is 0 Å². The highest BCUT2D eigenvalue weighted by molar-refractivity contribution is 7.89. The molecule has 0 amide bonds. The van der Waals surface area contributed by atoms with Crippen LogP contribution >= 0.6 is 0 Å². The smallest absolute Gasteiger partial charge is 0.308 e. The summed E-state index contributed by atoms with van der Waals surface area (Å²) in [6, 6.07) is 6.14. The zero-order valence-corrected chi connectivity index (χ0v) is 11.6. The zero-order valence-electron chi connectivity index (χ0n) is 10.8. The van der Waals surface area contributed by atoms with E-state index in [2.05, 4.69) is 5.32 Å².